The Morgan fingerprint density at radius 3 is 2.68 bits per heavy atom. The smallest absolute Gasteiger partial charge is 0.225 e. The fraction of sp³-hybridized carbons (Fsp3) is 0.667. The molecule has 0 saturated carbocycles. The molecule has 0 aliphatic carbocycles. The van der Waals surface area contributed by atoms with Crippen LogP contribution in [0.5, 0.6) is 0 Å². The van der Waals surface area contributed by atoms with Crippen LogP contribution in [0.2, 0.25) is 0 Å². The molecule has 4 heteroatoms. The van der Waals surface area contributed by atoms with Gasteiger partial charge in [-0.2, -0.15) is 0 Å². The van der Waals surface area contributed by atoms with Crippen LogP contribution in [0.1, 0.15) is 31.2 Å². The lowest BCUT2D eigenvalue weighted by Gasteiger charge is -2.36. The number of likely N-dealkylation sites (tertiary alicyclic amines) is 1. The van der Waals surface area contributed by atoms with E-state index in [-0.39, 0.29) is 5.92 Å². The number of piperidine rings is 1. The highest BCUT2D eigenvalue weighted by Crippen LogP contribution is 2.22. The van der Waals surface area contributed by atoms with Crippen molar-refractivity contribution in [2.75, 3.05) is 46.4 Å². The maximum absolute atomic E-state index is 13.1. The number of amides is 1. The molecule has 0 aromatic heterocycles. The molecular formula is C21H32N2O2. The molecule has 25 heavy (non-hydrogen) atoms. The molecule has 0 N–H and O–H groups in total. The second kappa shape index (κ2) is 9.35. The molecule has 1 unspecified atom stereocenters. The van der Waals surface area contributed by atoms with Gasteiger partial charge in [-0.1, -0.05) is 30.3 Å². The van der Waals surface area contributed by atoms with Crippen LogP contribution >= 0.6 is 0 Å². The molecule has 3 rings (SSSR count). The molecule has 2 aliphatic rings. The van der Waals surface area contributed by atoms with Gasteiger partial charge >= 0.3 is 0 Å². The van der Waals surface area contributed by atoms with E-state index in [2.05, 4.69) is 41.1 Å². The minimum Gasteiger partial charge on any atom is -0.381 e. The number of ether oxygens (including phenoxy) is 1. The third kappa shape index (κ3) is 5.55. The largest absolute Gasteiger partial charge is 0.381 e. The van der Waals surface area contributed by atoms with Crippen molar-refractivity contribution in [3.8, 4) is 0 Å². The van der Waals surface area contributed by atoms with Gasteiger partial charge in [0.25, 0.3) is 0 Å². The third-order valence-electron chi connectivity index (χ3n) is 5.60. The van der Waals surface area contributed by atoms with Crippen LogP contribution in [0.3, 0.4) is 0 Å². The zero-order valence-electron chi connectivity index (χ0n) is 15.5. The van der Waals surface area contributed by atoms with Crippen molar-refractivity contribution in [3.05, 3.63) is 35.9 Å². The number of carbonyl (C=O) groups excluding carboxylic acids is 1. The van der Waals surface area contributed by atoms with E-state index in [1.54, 1.807) is 0 Å². The van der Waals surface area contributed by atoms with E-state index >= 15 is 0 Å². The van der Waals surface area contributed by atoms with Gasteiger partial charge in [-0.3, -0.25) is 4.79 Å². The van der Waals surface area contributed by atoms with Gasteiger partial charge in [0.1, 0.15) is 0 Å². The Morgan fingerprint density at radius 2 is 1.96 bits per heavy atom. The minimum absolute atomic E-state index is 0.158. The lowest BCUT2D eigenvalue weighted by Crippen LogP contribution is -2.45. The number of carbonyl (C=O) groups is 1. The topological polar surface area (TPSA) is 32.8 Å². The van der Waals surface area contributed by atoms with Gasteiger partial charge in [0, 0.05) is 38.8 Å². The van der Waals surface area contributed by atoms with Crippen LogP contribution in [0, 0.1) is 11.8 Å². The lowest BCUT2D eigenvalue weighted by molar-refractivity contribution is -0.139. The van der Waals surface area contributed by atoms with Crippen molar-refractivity contribution in [1.82, 2.24) is 9.80 Å². The van der Waals surface area contributed by atoms with Crippen molar-refractivity contribution < 1.29 is 9.53 Å². The highest BCUT2D eigenvalue weighted by atomic mass is 16.5. The second-order valence-corrected chi connectivity index (χ2v) is 7.68. The number of hydrogen-bond acceptors (Lipinski definition) is 3. The molecule has 2 fully saturated rings. The summed E-state index contributed by atoms with van der Waals surface area (Å²) in [6, 6.07) is 10.5. The summed E-state index contributed by atoms with van der Waals surface area (Å²) in [6.07, 6.45) is 5.20. The second-order valence-electron chi connectivity index (χ2n) is 7.68. The van der Waals surface area contributed by atoms with Crippen molar-refractivity contribution in [3.63, 3.8) is 0 Å². The van der Waals surface area contributed by atoms with Gasteiger partial charge in [-0.15, -0.1) is 0 Å². The maximum atomic E-state index is 13.1. The third-order valence-corrected chi connectivity index (χ3v) is 5.60. The summed E-state index contributed by atoms with van der Waals surface area (Å²) in [6.45, 7) is 5.51. The summed E-state index contributed by atoms with van der Waals surface area (Å²) in [5.74, 6) is 1.12. The molecule has 2 saturated heterocycles. The highest BCUT2D eigenvalue weighted by Gasteiger charge is 2.29. The predicted molar refractivity (Wildman–Crippen MR) is 100 cm³/mol. The first-order chi connectivity index (χ1) is 12.2. The summed E-state index contributed by atoms with van der Waals surface area (Å²) >= 11 is 0. The van der Waals surface area contributed by atoms with Crippen LogP contribution in [-0.4, -0.2) is 62.1 Å². The molecule has 1 aromatic rings. The van der Waals surface area contributed by atoms with E-state index in [0.29, 0.717) is 11.8 Å². The highest BCUT2D eigenvalue weighted by molar-refractivity contribution is 5.79. The molecule has 0 radical (unpaired) electrons. The first-order valence-corrected chi connectivity index (χ1v) is 9.81. The van der Waals surface area contributed by atoms with Crippen LogP contribution in [0.4, 0.5) is 0 Å². The molecule has 1 aromatic carbocycles. The standard InChI is InChI=1S/C21H32N2O2/c1-22-12-5-8-19(16-22)17-23(13-9-18-6-3-2-4-7-18)21(24)20-10-14-25-15-11-20/h2-4,6-7,19-20H,5,8-17H2,1H3. The van der Waals surface area contributed by atoms with Crippen molar-refractivity contribution in [2.45, 2.75) is 32.1 Å². The number of benzene rings is 1. The quantitative estimate of drug-likeness (QED) is 0.795. The number of rotatable bonds is 6. The summed E-state index contributed by atoms with van der Waals surface area (Å²) in [5, 5.41) is 0. The zero-order chi connectivity index (χ0) is 17.5. The summed E-state index contributed by atoms with van der Waals surface area (Å²) in [5.41, 5.74) is 1.31. The van der Waals surface area contributed by atoms with Crippen LogP contribution in [0.15, 0.2) is 30.3 Å². The van der Waals surface area contributed by atoms with Crippen LogP contribution < -0.4 is 0 Å². The summed E-state index contributed by atoms with van der Waals surface area (Å²) in [7, 11) is 2.20. The molecule has 138 valence electrons. The minimum atomic E-state index is 0.158. The molecule has 2 heterocycles. The van der Waals surface area contributed by atoms with Crippen LogP contribution in [-0.2, 0) is 16.0 Å². The molecule has 0 spiro atoms. The molecule has 2 aliphatic heterocycles. The Labute approximate surface area is 152 Å². The van der Waals surface area contributed by atoms with Crippen LogP contribution in [0.25, 0.3) is 0 Å². The van der Waals surface area contributed by atoms with Gasteiger partial charge < -0.3 is 14.5 Å². The Bertz CT molecular complexity index is 528. The van der Waals surface area contributed by atoms with Crippen molar-refractivity contribution >= 4 is 5.91 Å². The predicted octanol–water partition coefficient (Wildman–Crippen LogP) is 2.83. The number of nitrogens with zero attached hydrogens (tertiary/aromatic N) is 2. The van der Waals surface area contributed by atoms with Gasteiger partial charge in [0.05, 0.1) is 0 Å². The number of hydrogen-bond donors (Lipinski definition) is 0. The molecule has 1 atom stereocenters. The molecule has 0 bridgehead atoms. The Hall–Kier alpha value is -1.39. The van der Waals surface area contributed by atoms with Gasteiger partial charge in [0.15, 0.2) is 0 Å². The first-order valence-electron chi connectivity index (χ1n) is 9.81. The summed E-state index contributed by atoms with van der Waals surface area (Å²) < 4.78 is 5.45. The maximum Gasteiger partial charge on any atom is 0.225 e. The Balaban J connectivity index is 1.62. The van der Waals surface area contributed by atoms with E-state index in [1.165, 1.54) is 24.9 Å². The van der Waals surface area contributed by atoms with E-state index in [4.69, 9.17) is 4.74 Å². The average molecular weight is 344 g/mol. The fourth-order valence-corrected chi connectivity index (χ4v) is 4.14. The lowest BCUT2D eigenvalue weighted by atomic mass is 9.94. The molecule has 1 amide bonds. The van der Waals surface area contributed by atoms with E-state index < -0.39 is 0 Å². The zero-order valence-corrected chi connectivity index (χ0v) is 15.5. The fourth-order valence-electron chi connectivity index (χ4n) is 4.14. The van der Waals surface area contributed by atoms with Crippen molar-refractivity contribution in [1.29, 1.82) is 0 Å². The SMILES string of the molecule is CN1CCCC(CN(CCc2ccccc2)C(=O)C2CCOCC2)C1. The van der Waals surface area contributed by atoms with E-state index in [9.17, 15) is 4.79 Å². The monoisotopic (exact) mass is 344 g/mol. The van der Waals surface area contributed by atoms with Gasteiger partial charge in [-0.25, -0.2) is 0 Å². The van der Waals surface area contributed by atoms with Gasteiger partial charge in [-0.05, 0) is 57.2 Å². The average Bonchev–Trinajstić information content (AvgIpc) is 2.66. The normalized spacial score (nSPS) is 22.7. The van der Waals surface area contributed by atoms with Gasteiger partial charge in [0.2, 0.25) is 5.91 Å². The molecule has 4 nitrogen and oxygen atoms in total. The first kappa shape index (κ1) is 18.4. The van der Waals surface area contributed by atoms with Crippen molar-refractivity contribution in [2.24, 2.45) is 11.8 Å². The Kier molecular flexibility index (Phi) is 6.88. The molecular weight excluding hydrogens is 312 g/mol. The van der Waals surface area contributed by atoms with E-state index in [0.717, 1.165) is 52.1 Å². The van der Waals surface area contributed by atoms with E-state index in [1.807, 2.05) is 6.07 Å². The summed E-state index contributed by atoms with van der Waals surface area (Å²) in [4.78, 5) is 17.7. The Morgan fingerprint density at radius 1 is 1.20 bits per heavy atom.